The summed E-state index contributed by atoms with van der Waals surface area (Å²) in [5, 5.41) is 5.45. The molecular weight excluding hydrogens is 516 g/mol. The summed E-state index contributed by atoms with van der Waals surface area (Å²) in [6.07, 6.45) is 6.75. The van der Waals surface area contributed by atoms with Crippen molar-refractivity contribution in [3.63, 3.8) is 0 Å². The summed E-state index contributed by atoms with van der Waals surface area (Å²) in [5.74, 6) is -0.833. The van der Waals surface area contributed by atoms with Crippen molar-refractivity contribution < 1.29 is 18.3 Å². The second kappa shape index (κ2) is 10.4. The Morgan fingerprint density at radius 3 is 2.67 bits per heavy atom. The minimum absolute atomic E-state index is 0.172. The zero-order chi connectivity index (χ0) is 27.8. The van der Waals surface area contributed by atoms with Gasteiger partial charge in [-0.15, -0.1) is 0 Å². The number of hydrogen-bond donors (Lipinski definition) is 1. The molecule has 6 rings (SSSR count). The first-order chi connectivity index (χ1) is 19.4. The van der Waals surface area contributed by atoms with Gasteiger partial charge in [0.05, 0.1) is 18.0 Å². The smallest absolute Gasteiger partial charge is 0.252 e. The number of carbonyl (C=O) groups is 1. The molecule has 1 saturated heterocycles. The maximum Gasteiger partial charge on any atom is 0.252 e. The molecule has 1 aliphatic carbocycles. The van der Waals surface area contributed by atoms with Gasteiger partial charge in [0.2, 0.25) is 5.70 Å². The van der Waals surface area contributed by atoms with Gasteiger partial charge in [-0.05, 0) is 68.0 Å². The molecule has 0 bridgehead atoms. The lowest BCUT2D eigenvalue weighted by molar-refractivity contribution is -0.128. The van der Waals surface area contributed by atoms with Crippen molar-refractivity contribution >= 4 is 22.8 Å². The number of likely N-dealkylation sites (tertiary alicyclic amines) is 1. The van der Waals surface area contributed by atoms with E-state index in [0.29, 0.717) is 47.0 Å². The third-order valence-corrected chi connectivity index (χ3v) is 7.15. The molecule has 1 aliphatic heterocycles. The van der Waals surface area contributed by atoms with Gasteiger partial charge in [0.25, 0.3) is 5.91 Å². The molecule has 11 heteroatoms. The second-order valence-electron chi connectivity index (χ2n) is 10.0. The number of ether oxygens (including phenoxy) is 1. The Kier molecular flexibility index (Phi) is 6.59. The molecule has 40 heavy (non-hydrogen) atoms. The van der Waals surface area contributed by atoms with Gasteiger partial charge in [-0.1, -0.05) is 6.08 Å². The van der Waals surface area contributed by atoms with Crippen LogP contribution in [0.1, 0.15) is 31.7 Å². The molecule has 1 amide bonds. The van der Waals surface area contributed by atoms with Crippen molar-refractivity contribution in [3.05, 3.63) is 83.6 Å². The number of rotatable bonds is 6. The molecule has 0 unspecified atom stereocenters. The van der Waals surface area contributed by atoms with Crippen LogP contribution in [-0.4, -0.2) is 43.6 Å². The standard InChI is InChI=1S/C29H25F2N7O2/c1-33-23(13-17-4-5-17)29(39)37-12-2-3-20(15-37)38-28-25(27(32)34-16-35-28)26(36-38)18-6-9-21(10-7-18)40-24-14-19(30)8-11-22(24)31/h6-11,13-14,16-17,20H,2-5,12,15H2,(H2,32,34,35)/b23-13-/t20-/m1/s1. The SMILES string of the molecule is [C-]#[N+]/C(=C\C1CC1)C(=O)N1CCC[C@@H](n2nc(-c3ccc(Oc4cc(F)ccc4F)cc3)c3c(N)ncnc32)C1. The van der Waals surface area contributed by atoms with Gasteiger partial charge in [-0.3, -0.25) is 4.79 Å². The van der Waals surface area contributed by atoms with Crippen LogP contribution in [0.15, 0.2) is 60.6 Å². The number of amides is 1. The van der Waals surface area contributed by atoms with Gasteiger partial charge in [-0.25, -0.2) is 28.3 Å². The van der Waals surface area contributed by atoms with Crippen molar-refractivity contribution in [3.8, 4) is 22.8 Å². The number of halogens is 2. The molecule has 2 aromatic carbocycles. The summed E-state index contributed by atoms with van der Waals surface area (Å²) in [6, 6.07) is 9.58. The Bertz CT molecular complexity index is 1670. The first-order valence-electron chi connectivity index (χ1n) is 13.0. The highest BCUT2D eigenvalue weighted by Crippen LogP contribution is 2.36. The Labute approximate surface area is 228 Å². The van der Waals surface area contributed by atoms with E-state index in [2.05, 4.69) is 14.8 Å². The number of allylic oxidation sites excluding steroid dienone is 1. The van der Waals surface area contributed by atoms with E-state index in [1.807, 2.05) is 0 Å². The highest BCUT2D eigenvalue weighted by Gasteiger charge is 2.31. The number of carbonyl (C=O) groups excluding carboxylic acids is 1. The number of aromatic nitrogens is 4. The molecule has 4 aromatic rings. The van der Waals surface area contributed by atoms with Crippen LogP contribution in [0.2, 0.25) is 0 Å². The summed E-state index contributed by atoms with van der Waals surface area (Å²) in [6.45, 7) is 8.45. The van der Waals surface area contributed by atoms with E-state index in [-0.39, 0.29) is 29.2 Å². The van der Waals surface area contributed by atoms with Gasteiger partial charge < -0.3 is 15.4 Å². The molecule has 2 fully saturated rings. The van der Waals surface area contributed by atoms with E-state index in [9.17, 15) is 13.6 Å². The summed E-state index contributed by atoms with van der Waals surface area (Å²) in [7, 11) is 0. The number of fused-ring (bicyclic) bond motifs is 1. The van der Waals surface area contributed by atoms with Crippen LogP contribution >= 0.6 is 0 Å². The number of nitrogens with two attached hydrogens (primary N) is 1. The molecular formula is C29H25F2N7O2. The number of nitrogen functional groups attached to an aromatic ring is 1. The first-order valence-corrected chi connectivity index (χ1v) is 13.0. The Hall–Kier alpha value is -4.85. The molecule has 9 nitrogen and oxygen atoms in total. The largest absolute Gasteiger partial charge is 0.454 e. The van der Waals surface area contributed by atoms with E-state index in [1.165, 1.54) is 6.33 Å². The maximum atomic E-state index is 14.0. The highest BCUT2D eigenvalue weighted by atomic mass is 19.1. The number of anilines is 1. The summed E-state index contributed by atoms with van der Waals surface area (Å²) in [5.41, 5.74) is 8.25. The van der Waals surface area contributed by atoms with E-state index in [0.717, 1.165) is 43.9 Å². The fraction of sp³-hybridized carbons (Fsp3) is 0.276. The monoisotopic (exact) mass is 541 g/mol. The Balaban J connectivity index is 1.30. The van der Waals surface area contributed by atoms with Gasteiger partial charge in [0, 0.05) is 24.7 Å². The van der Waals surface area contributed by atoms with Crippen molar-refractivity contribution in [2.45, 2.75) is 31.7 Å². The van der Waals surface area contributed by atoms with Crippen molar-refractivity contribution in [2.24, 2.45) is 5.92 Å². The van der Waals surface area contributed by atoms with E-state index < -0.39 is 11.6 Å². The molecule has 3 heterocycles. The number of piperidine rings is 1. The molecule has 202 valence electrons. The van der Waals surface area contributed by atoms with Crippen LogP contribution < -0.4 is 10.5 Å². The fourth-order valence-electron chi connectivity index (χ4n) is 4.96. The minimum atomic E-state index is -0.674. The lowest BCUT2D eigenvalue weighted by Gasteiger charge is -2.33. The van der Waals surface area contributed by atoms with Crippen molar-refractivity contribution in [2.75, 3.05) is 18.8 Å². The van der Waals surface area contributed by atoms with Gasteiger partial charge in [-0.2, -0.15) is 5.10 Å². The van der Waals surface area contributed by atoms with Crippen LogP contribution in [0.4, 0.5) is 14.6 Å². The highest BCUT2D eigenvalue weighted by molar-refractivity contribution is 5.98. The van der Waals surface area contributed by atoms with Gasteiger partial charge in [0.15, 0.2) is 17.2 Å². The average Bonchev–Trinajstić information content (AvgIpc) is 3.71. The number of hydrogen-bond acceptors (Lipinski definition) is 6. The molecule has 2 aromatic heterocycles. The predicted molar refractivity (Wildman–Crippen MR) is 144 cm³/mol. The summed E-state index contributed by atoms with van der Waals surface area (Å²) >= 11 is 0. The van der Waals surface area contributed by atoms with Crippen molar-refractivity contribution in [1.82, 2.24) is 24.6 Å². The molecule has 0 radical (unpaired) electrons. The van der Waals surface area contributed by atoms with Gasteiger partial charge in [0.1, 0.15) is 29.4 Å². The number of benzene rings is 2. The molecule has 1 saturated carbocycles. The normalized spacial score (nSPS) is 17.6. The predicted octanol–water partition coefficient (Wildman–Crippen LogP) is 5.52. The maximum absolute atomic E-state index is 14.0. The third kappa shape index (κ3) is 4.96. The lowest BCUT2D eigenvalue weighted by Crippen LogP contribution is -2.41. The molecule has 2 N–H and O–H groups in total. The topological polar surface area (TPSA) is 104 Å². The average molecular weight is 542 g/mol. The van der Waals surface area contributed by atoms with E-state index in [4.69, 9.17) is 22.1 Å². The summed E-state index contributed by atoms with van der Waals surface area (Å²) < 4.78 is 34.9. The first kappa shape index (κ1) is 25.4. The number of nitrogens with zero attached hydrogens (tertiary/aromatic N) is 6. The Morgan fingerprint density at radius 2 is 1.93 bits per heavy atom. The summed E-state index contributed by atoms with van der Waals surface area (Å²) in [4.78, 5) is 27.0. The quantitative estimate of drug-likeness (QED) is 0.255. The van der Waals surface area contributed by atoms with Crippen LogP contribution in [0.5, 0.6) is 11.5 Å². The van der Waals surface area contributed by atoms with E-state index >= 15 is 0 Å². The van der Waals surface area contributed by atoms with Crippen LogP contribution in [0.3, 0.4) is 0 Å². The molecule has 2 aliphatic rings. The van der Waals surface area contributed by atoms with Gasteiger partial charge >= 0.3 is 0 Å². The van der Waals surface area contributed by atoms with Crippen LogP contribution in [0.25, 0.3) is 27.1 Å². The van der Waals surface area contributed by atoms with Crippen LogP contribution in [-0.2, 0) is 4.79 Å². The minimum Gasteiger partial charge on any atom is -0.454 e. The fourth-order valence-corrected chi connectivity index (χ4v) is 4.96. The zero-order valence-corrected chi connectivity index (χ0v) is 21.4. The third-order valence-electron chi connectivity index (χ3n) is 7.15. The molecule has 0 spiro atoms. The second-order valence-corrected chi connectivity index (χ2v) is 10.0. The van der Waals surface area contributed by atoms with Crippen molar-refractivity contribution in [1.29, 1.82) is 0 Å². The van der Waals surface area contributed by atoms with E-state index in [1.54, 1.807) is 39.9 Å². The Morgan fingerprint density at radius 1 is 1.12 bits per heavy atom. The molecule has 1 atom stereocenters. The zero-order valence-electron chi connectivity index (χ0n) is 21.4. The van der Waals surface area contributed by atoms with Crippen LogP contribution in [0, 0.1) is 24.1 Å². The lowest BCUT2D eigenvalue weighted by atomic mass is 10.1.